The van der Waals surface area contributed by atoms with Crippen LogP contribution in [0.3, 0.4) is 0 Å². The van der Waals surface area contributed by atoms with Gasteiger partial charge in [-0.1, -0.05) is 18.2 Å². The van der Waals surface area contributed by atoms with E-state index in [1.807, 2.05) is 6.92 Å². The molecule has 0 aromatic heterocycles. The Kier molecular flexibility index (Phi) is 4.83. The number of hydrogen-bond acceptors (Lipinski definition) is 3. The van der Waals surface area contributed by atoms with Crippen LogP contribution in [0.5, 0.6) is 5.75 Å². The topological polar surface area (TPSA) is 30.5 Å². The summed E-state index contributed by atoms with van der Waals surface area (Å²) in [4.78, 5) is 0. The third-order valence-corrected chi connectivity index (χ3v) is 3.33. The molecular weight excluding hydrogens is 238 g/mol. The molecular formula is C16H25NO2. The maximum atomic E-state index is 6.06. The average molecular weight is 263 g/mol. The SMILES string of the molecule is CCOCCCNCc1cccc2c1OC(C)(C)C2. The standard InChI is InChI=1S/C16H25NO2/c1-4-18-10-6-9-17-12-14-8-5-7-13-11-16(2,3)19-15(13)14/h5,7-8,17H,4,6,9-12H2,1-3H3. The van der Waals surface area contributed by atoms with Crippen molar-refractivity contribution >= 4 is 0 Å². The molecule has 1 aliphatic rings. The molecule has 1 heterocycles. The summed E-state index contributed by atoms with van der Waals surface area (Å²) < 4.78 is 11.4. The van der Waals surface area contributed by atoms with Crippen LogP contribution < -0.4 is 10.1 Å². The quantitative estimate of drug-likeness (QED) is 0.767. The molecule has 1 aliphatic heterocycles. The zero-order valence-electron chi connectivity index (χ0n) is 12.3. The number of para-hydroxylation sites is 1. The molecule has 0 atom stereocenters. The predicted molar refractivity (Wildman–Crippen MR) is 77.7 cm³/mol. The van der Waals surface area contributed by atoms with Crippen LogP contribution in [0.15, 0.2) is 18.2 Å². The van der Waals surface area contributed by atoms with Crippen molar-refractivity contribution in [2.24, 2.45) is 0 Å². The maximum Gasteiger partial charge on any atom is 0.127 e. The van der Waals surface area contributed by atoms with E-state index in [1.165, 1.54) is 11.1 Å². The van der Waals surface area contributed by atoms with E-state index in [-0.39, 0.29) is 5.60 Å². The van der Waals surface area contributed by atoms with Crippen molar-refractivity contribution in [3.8, 4) is 5.75 Å². The first-order chi connectivity index (χ1) is 9.12. The van der Waals surface area contributed by atoms with Gasteiger partial charge in [-0.05, 0) is 39.3 Å². The molecule has 1 N–H and O–H groups in total. The normalized spacial score (nSPS) is 16.2. The summed E-state index contributed by atoms with van der Waals surface area (Å²) in [5.74, 6) is 1.09. The van der Waals surface area contributed by atoms with Gasteiger partial charge in [-0.2, -0.15) is 0 Å². The first-order valence-electron chi connectivity index (χ1n) is 7.20. The average Bonchev–Trinajstić information content (AvgIpc) is 2.68. The van der Waals surface area contributed by atoms with Crippen molar-refractivity contribution in [3.63, 3.8) is 0 Å². The van der Waals surface area contributed by atoms with Gasteiger partial charge in [0.1, 0.15) is 11.4 Å². The predicted octanol–water partition coefficient (Wildman–Crippen LogP) is 2.92. The second-order valence-corrected chi connectivity index (χ2v) is 5.67. The first kappa shape index (κ1) is 14.4. The largest absolute Gasteiger partial charge is 0.487 e. The van der Waals surface area contributed by atoms with Crippen molar-refractivity contribution in [2.45, 2.75) is 45.8 Å². The highest BCUT2D eigenvalue weighted by Gasteiger charge is 2.31. The molecule has 0 bridgehead atoms. The highest BCUT2D eigenvalue weighted by atomic mass is 16.5. The summed E-state index contributed by atoms with van der Waals surface area (Å²) in [5, 5.41) is 3.46. The monoisotopic (exact) mass is 263 g/mol. The lowest BCUT2D eigenvalue weighted by molar-refractivity contribution is 0.137. The number of rotatable bonds is 7. The van der Waals surface area contributed by atoms with Gasteiger partial charge in [-0.15, -0.1) is 0 Å². The third-order valence-electron chi connectivity index (χ3n) is 3.33. The highest BCUT2D eigenvalue weighted by Crippen LogP contribution is 2.37. The zero-order valence-corrected chi connectivity index (χ0v) is 12.3. The van der Waals surface area contributed by atoms with Crippen LogP contribution in [0.4, 0.5) is 0 Å². The maximum absolute atomic E-state index is 6.06. The van der Waals surface area contributed by atoms with Crippen molar-refractivity contribution in [1.29, 1.82) is 0 Å². The van der Waals surface area contributed by atoms with Gasteiger partial charge in [0.15, 0.2) is 0 Å². The van der Waals surface area contributed by atoms with Crippen LogP contribution in [-0.4, -0.2) is 25.4 Å². The minimum Gasteiger partial charge on any atom is -0.487 e. The van der Waals surface area contributed by atoms with E-state index in [4.69, 9.17) is 9.47 Å². The molecule has 2 rings (SSSR count). The van der Waals surface area contributed by atoms with Crippen LogP contribution in [0.2, 0.25) is 0 Å². The van der Waals surface area contributed by atoms with Gasteiger partial charge in [-0.3, -0.25) is 0 Å². The summed E-state index contributed by atoms with van der Waals surface area (Å²) in [6.45, 7) is 9.80. The van der Waals surface area contributed by atoms with Gasteiger partial charge in [0.05, 0.1) is 0 Å². The van der Waals surface area contributed by atoms with Crippen molar-refractivity contribution in [3.05, 3.63) is 29.3 Å². The number of ether oxygens (including phenoxy) is 2. The van der Waals surface area contributed by atoms with Crippen LogP contribution in [0, 0.1) is 0 Å². The van der Waals surface area contributed by atoms with E-state index >= 15 is 0 Å². The van der Waals surface area contributed by atoms with Gasteiger partial charge in [-0.25, -0.2) is 0 Å². The van der Waals surface area contributed by atoms with E-state index < -0.39 is 0 Å². The molecule has 0 amide bonds. The van der Waals surface area contributed by atoms with Crippen LogP contribution in [0.1, 0.15) is 38.3 Å². The second kappa shape index (κ2) is 6.40. The molecule has 0 saturated carbocycles. The van der Waals surface area contributed by atoms with Crippen molar-refractivity contribution < 1.29 is 9.47 Å². The summed E-state index contributed by atoms with van der Waals surface area (Å²) in [6.07, 6.45) is 2.05. The lowest BCUT2D eigenvalue weighted by atomic mass is 10.0. The number of hydrogen-bond donors (Lipinski definition) is 1. The lowest BCUT2D eigenvalue weighted by Crippen LogP contribution is -2.25. The summed E-state index contributed by atoms with van der Waals surface area (Å²) in [5.41, 5.74) is 2.53. The number of benzene rings is 1. The number of fused-ring (bicyclic) bond motifs is 1. The Morgan fingerprint density at radius 3 is 3.00 bits per heavy atom. The smallest absolute Gasteiger partial charge is 0.127 e. The first-order valence-corrected chi connectivity index (χ1v) is 7.20. The van der Waals surface area contributed by atoms with Gasteiger partial charge in [0, 0.05) is 31.7 Å². The van der Waals surface area contributed by atoms with Gasteiger partial charge in [0.25, 0.3) is 0 Å². The summed E-state index contributed by atoms with van der Waals surface area (Å²) in [7, 11) is 0. The molecule has 1 aromatic carbocycles. The van der Waals surface area contributed by atoms with Gasteiger partial charge < -0.3 is 14.8 Å². The Bertz CT molecular complexity index is 415. The Morgan fingerprint density at radius 1 is 1.37 bits per heavy atom. The van der Waals surface area contributed by atoms with Crippen LogP contribution in [-0.2, 0) is 17.7 Å². The molecule has 3 heteroatoms. The van der Waals surface area contributed by atoms with E-state index in [0.29, 0.717) is 0 Å². The van der Waals surface area contributed by atoms with Crippen LogP contribution >= 0.6 is 0 Å². The molecule has 19 heavy (non-hydrogen) atoms. The molecule has 106 valence electrons. The molecule has 0 unspecified atom stereocenters. The summed E-state index contributed by atoms with van der Waals surface area (Å²) >= 11 is 0. The Labute approximate surface area is 116 Å². The van der Waals surface area contributed by atoms with E-state index in [0.717, 1.165) is 44.9 Å². The van der Waals surface area contributed by atoms with Gasteiger partial charge >= 0.3 is 0 Å². The minimum absolute atomic E-state index is 0.0621. The van der Waals surface area contributed by atoms with E-state index in [1.54, 1.807) is 0 Å². The highest BCUT2D eigenvalue weighted by molar-refractivity contribution is 5.45. The third kappa shape index (κ3) is 3.95. The number of nitrogens with one attached hydrogen (secondary N) is 1. The Balaban J connectivity index is 1.84. The Morgan fingerprint density at radius 2 is 2.21 bits per heavy atom. The van der Waals surface area contributed by atoms with Crippen molar-refractivity contribution in [2.75, 3.05) is 19.8 Å². The van der Waals surface area contributed by atoms with Gasteiger partial charge in [0.2, 0.25) is 0 Å². The fourth-order valence-electron chi connectivity index (χ4n) is 2.49. The van der Waals surface area contributed by atoms with Crippen molar-refractivity contribution in [1.82, 2.24) is 5.32 Å². The Hall–Kier alpha value is -1.06. The lowest BCUT2D eigenvalue weighted by Gasteiger charge is -2.18. The fourth-order valence-corrected chi connectivity index (χ4v) is 2.49. The molecule has 0 radical (unpaired) electrons. The zero-order chi connectivity index (χ0) is 13.7. The molecule has 0 spiro atoms. The molecule has 0 saturated heterocycles. The van der Waals surface area contributed by atoms with E-state index in [9.17, 15) is 0 Å². The second-order valence-electron chi connectivity index (χ2n) is 5.67. The molecule has 3 nitrogen and oxygen atoms in total. The molecule has 0 aliphatic carbocycles. The molecule has 0 fully saturated rings. The van der Waals surface area contributed by atoms with Crippen LogP contribution in [0.25, 0.3) is 0 Å². The van der Waals surface area contributed by atoms with E-state index in [2.05, 4.69) is 37.4 Å². The molecule has 1 aromatic rings. The summed E-state index contributed by atoms with van der Waals surface area (Å²) in [6, 6.07) is 6.44. The fraction of sp³-hybridized carbons (Fsp3) is 0.625. The minimum atomic E-state index is -0.0621.